The molecule has 4 rings (SSSR count). The summed E-state index contributed by atoms with van der Waals surface area (Å²) in [6, 6.07) is 9.37. The van der Waals surface area contributed by atoms with Crippen molar-refractivity contribution in [2.75, 3.05) is 23.3 Å². The lowest BCUT2D eigenvalue weighted by Crippen LogP contribution is -2.35. The minimum Gasteiger partial charge on any atom is -0.350 e. The molecule has 3 aromatic rings. The van der Waals surface area contributed by atoms with Crippen molar-refractivity contribution < 1.29 is 4.92 Å². The maximum atomic E-state index is 11.9. The van der Waals surface area contributed by atoms with Gasteiger partial charge in [-0.2, -0.15) is 0 Å². The summed E-state index contributed by atoms with van der Waals surface area (Å²) < 4.78 is 0. The fraction of sp³-hybridized carbons (Fsp3) is 0.316. The number of hydrogen-bond donors (Lipinski definition) is 1. The molecule has 8 nitrogen and oxygen atoms in total. The van der Waals surface area contributed by atoms with Gasteiger partial charge >= 0.3 is 5.69 Å². The normalized spacial score (nSPS) is 17.1. The first kappa shape index (κ1) is 17.1. The zero-order valence-electron chi connectivity index (χ0n) is 15.0. The first-order chi connectivity index (χ1) is 13.1. The molecule has 1 N–H and O–H groups in total. The Bertz CT molecular complexity index is 988. The van der Waals surface area contributed by atoms with Crippen LogP contribution in [0.4, 0.5) is 23.0 Å². The quantitative estimate of drug-likeness (QED) is 0.553. The summed E-state index contributed by atoms with van der Waals surface area (Å²) >= 11 is 0. The molecule has 0 amide bonds. The van der Waals surface area contributed by atoms with E-state index in [4.69, 9.17) is 0 Å². The molecule has 2 aromatic heterocycles. The molecule has 1 aromatic carbocycles. The van der Waals surface area contributed by atoms with Gasteiger partial charge in [-0.3, -0.25) is 15.1 Å². The molecule has 0 radical (unpaired) electrons. The van der Waals surface area contributed by atoms with Crippen LogP contribution in [0.5, 0.6) is 0 Å². The number of nitrogens with zero attached hydrogens (tertiary/aromatic N) is 5. The van der Waals surface area contributed by atoms with E-state index in [2.05, 4.69) is 27.2 Å². The van der Waals surface area contributed by atoms with Crippen molar-refractivity contribution in [2.24, 2.45) is 5.92 Å². The van der Waals surface area contributed by atoms with Gasteiger partial charge in [0.25, 0.3) is 0 Å². The molecule has 1 aliphatic heterocycles. The van der Waals surface area contributed by atoms with Crippen LogP contribution in [-0.2, 0) is 0 Å². The maximum absolute atomic E-state index is 11.9. The van der Waals surface area contributed by atoms with E-state index in [-0.39, 0.29) is 11.5 Å². The molecule has 1 aliphatic rings. The molecule has 1 unspecified atom stereocenters. The molecule has 138 valence electrons. The van der Waals surface area contributed by atoms with E-state index in [1.54, 1.807) is 6.20 Å². The molecule has 0 spiro atoms. The van der Waals surface area contributed by atoms with Gasteiger partial charge in [-0.05, 0) is 43.0 Å². The van der Waals surface area contributed by atoms with Crippen LogP contribution in [0.25, 0.3) is 10.9 Å². The summed E-state index contributed by atoms with van der Waals surface area (Å²) in [6.07, 6.45) is 5.23. The van der Waals surface area contributed by atoms with Crippen LogP contribution in [0, 0.1) is 16.0 Å². The molecule has 3 heterocycles. The number of anilines is 3. The summed E-state index contributed by atoms with van der Waals surface area (Å²) in [5, 5.41) is 15.9. The Morgan fingerprint density at radius 1 is 1.22 bits per heavy atom. The average molecular weight is 364 g/mol. The topological polar surface area (TPSA) is 97.1 Å². The Kier molecular flexibility index (Phi) is 4.53. The minimum absolute atomic E-state index is 0.0903. The van der Waals surface area contributed by atoms with Gasteiger partial charge in [0.1, 0.15) is 6.33 Å². The van der Waals surface area contributed by atoms with Crippen LogP contribution in [0.15, 0.2) is 42.9 Å². The second kappa shape index (κ2) is 7.14. The Labute approximate surface area is 156 Å². The molecule has 0 saturated carbocycles. The monoisotopic (exact) mass is 364 g/mol. The van der Waals surface area contributed by atoms with Gasteiger partial charge in [0.05, 0.1) is 10.4 Å². The van der Waals surface area contributed by atoms with Crippen molar-refractivity contribution in [3.8, 4) is 0 Å². The largest absolute Gasteiger partial charge is 0.353 e. The van der Waals surface area contributed by atoms with E-state index in [9.17, 15) is 10.1 Å². The van der Waals surface area contributed by atoms with Gasteiger partial charge in [-0.15, -0.1) is 0 Å². The van der Waals surface area contributed by atoms with Crippen LogP contribution in [0.2, 0.25) is 0 Å². The highest BCUT2D eigenvalue weighted by Gasteiger charge is 2.29. The SMILES string of the molecule is CC1CCCN(c2ncnc(Nc3cccc4ncccc34)c2[N+](=O)[O-])C1. The average Bonchev–Trinajstić information content (AvgIpc) is 2.68. The number of rotatable bonds is 4. The number of aromatic nitrogens is 3. The number of fused-ring (bicyclic) bond motifs is 1. The van der Waals surface area contributed by atoms with Crippen molar-refractivity contribution in [3.63, 3.8) is 0 Å². The van der Waals surface area contributed by atoms with Crippen molar-refractivity contribution in [2.45, 2.75) is 19.8 Å². The van der Waals surface area contributed by atoms with Gasteiger partial charge < -0.3 is 10.2 Å². The standard InChI is InChI=1S/C19H20N6O2/c1-13-5-4-10-24(11-13)19-17(25(26)27)18(21-12-22-19)23-16-8-2-7-15-14(16)6-3-9-20-15/h2-3,6-9,12-13H,4-5,10-11H2,1H3,(H,21,22,23). The molecular weight excluding hydrogens is 344 g/mol. The summed E-state index contributed by atoms with van der Waals surface area (Å²) in [5.74, 6) is 1.05. The fourth-order valence-electron chi connectivity index (χ4n) is 3.58. The van der Waals surface area contributed by atoms with E-state index in [0.717, 1.165) is 42.5 Å². The summed E-state index contributed by atoms with van der Waals surface area (Å²) in [6.45, 7) is 3.68. The van der Waals surface area contributed by atoms with Crippen LogP contribution in [0.1, 0.15) is 19.8 Å². The molecule has 1 fully saturated rings. The lowest BCUT2D eigenvalue weighted by Gasteiger charge is -2.31. The van der Waals surface area contributed by atoms with E-state index in [1.807, 2.05) is 35.2 Å². The minimum atomic E-state index is -0.402. The van der Waals surface area contributed by atoms with Crippen LogP contribution in [-0.4, -0.2) is 33.0 Å². The van der Waals surface area contributed by atoms with Gasteiger partial charge in [-0.25, -0.2) is 9.97 Å². The smallest absolute Gasteiger partial charge is 0.350 e. The van der Waals surface area contributed by atoms with E-state index < -0.39 is 4.92 Å². The van der Waals surface area contributed by atoms with Crippen LogP contribution < -0.4 is 10.2 Å². The number of pyridine rings is 1. The number of nitro groups is 1. The first-order valence-electron chi connectivity index (χ1n) is 8.98. The second-order valence-corrected chi connectivity index (χ2v) is 6.85. The lowest BCUT2D eigenvalue weighted by atomic mass is 10.0. The van der Waals surface area contributed by atoms with Gasteiger partial charge in [-0.1, -0.05) is 13.0 Å². The van der Waals surface area contributed by atoms with Crippen molar-refractivity contribution >= 4 is 33.9 Å². The molecule has 0 bridgehead atoms. The van der Waals surface area contributed by atoms with E-state index >= 15 is 0 Å². The zero-order chi connectivity index (χ0) is 18.8. The Morgan fingerprint density at radius 3 is 2.93 bits per heavy atom. The third-order valence-electron chi connectivity index (χ3n) is 4.84. The van der Waals surface area contributed by atoms with Gasteiger partial charge in [0.15, 0.2) is 0 Å². The highest BCUT2D eigenvalue weighted by molar-refractivity contribution is 5.93. The fourth-order valence-corrected chi connectivity index (χ4v) is 3.58. The van der Waals surface area contributed by atoms with Crippen LogP contribution in [0.3, 0.4) is 0 Å². The van der Waals surface area contributed by atoms with E-state index in [0.29, 0.717) is 11.7 Å². The second-order valence-electron chi connectivity index (χ2n) is 6.85. The van der Waals surface area contributed by atoms with Crippen molar-refractivity contribution in [3.05, 3.63) is 53.0 Å². The third kappa shape index (κ3) is 3.38. The summed E-state index contributed by atoms with van der Waals surface area (Å²) in [4.78, 5) is 26.2. The van der Waals surface area contributed by atoms with E-state index in [1.165, 1.54) is 6.33 Å². The Morgan fingerprint density at radius 2 is 2.11 bits per heavy atom. The third-order valence-corrected chi connectivity index (χ3v) is 4.84. The number of benzene rings is 1. The van der Waals surface area contributed by atoms with Crippen LogP contribution >= 0.6 is 0 Å². The lowest BCUT2D eigenvalue weighted by molar-refractivity contribution is -0.383. The van der Waals surface area contributed by atoms with Gasteiger partial charge in [0, 0.05) is 30.4 Å². The molecule has 27 heavy (non-hydrogen) atoms. The predicted octanol–water partition coefficient (Wildman–Crippen LogP) is 3.91. The zero-order valence-corrected chi connectivity index (χ0v) is 15.0. The molecule has 0 aliphatic carbocycles. The van der Waals surface area contributed by atoms with Crippen molar-refractivity contribution in [1.29, 1.82) is 0 Å². The predicted molar refractivity (Wildman–Crippen MR) is 104 cm³/mol. The highest BCUT2D eigenvalue weighted by Crippen LogP contribution is 2.36. The molecule has 1 atom stereocenters. The summed E-state index contributed by atoms with van der Waals surface area (Å²) in [7, 11) is 0. The van der Waals surface area contributed by atoms with Crippen molar-refractivity contribution in [1.82, 2.24) is 15.0 Å². The number of nitrogens with one attached hydrogen (secondary N) is 1. The van der Waals surface area contributed by atoms with Gasteiger partial charge in [0.2, 0.25) is 11.6 Å². The summed E-state index contributed by atoms with van der Waals surface area (Å²) in [5.41, 5.74) is 1.44. The Hall–Kier alpha value is -3.29. The molecular formula is C19H20N6O2. The Balaban J connectivity index is 1.76. The maximum Gasteiger partial charge on any atom is 0.353 e. The first-order valence-corrected chi connectivity index (χ1v) is 8.98. The molecule has 8 heteroatoms. The number of hydrogen-bond acceptors (Lipinski definition) is 7. The molecule has 1 saturated heterocycles. The number of piperidine rings is 1. The highest BCUT2D eigenvalue weighted by atomic mass is 16.6.